The van der Waals surface area contributed by atoms with Gasteiger partial charge in [-0.25, -0.2) is 4.98 Å². The van der Waals surface area contributed by atoms with E-state index in [1.165, 1.54) is 44.2 Å². The summed E-state index contributed by atoms with van der Waals surface area (Å²) in [4.78, 5) is 4.84. The molecule has 3 heteroatoms. The van der Waals surface area contributed by atoms with Gasteiger partial charge in [0.25, 0.3) is 0 Å². The average molecular weight is 527 g/mol. The first kappa shape index (κ1) is 23.5. The number of oxazole rings is 1. The van der Waals surface area contributed by atoms with E-state index in [9.17, 15) is 0 Å². The summed E-state index contributed by atoms with van der Waals surface area (Å²) in [7, 11) is 0. The van der Waals surface area contributed by atoms with Crippen molar-refractivity contribution in [2.24, 2.45) is 0 Å². The molecular weight excluding hydrogens is 500 g/mol. The number of aromatic nitrogens is 2. The van der Waals surface area contributed by atoms with E-state index in [-0.39, 0.29) is 0 Å². The van der Waals surface area contributed by atoms with Crippen LogP contribution in [0.2, 0.25) is 0 Å². The Balaban J connectivity index is 1.16. The lowest BCUT2D eigenvalue weighted by atomic mass is 10.0. The lowest BCUT2D eigenvalue weighted by Gasteiger charge is -2.08. The molecule has 0 atom stereocenters. The molecule has 0 unspecified atom stereocenters. The number of aryl methyl sites for hydroxylation is 1. The fraction of sp³-hybridized carbons (Fsp3) is 0.0263. The van der Waals surface area contributed by atoms with Gasteiger partial charge in [-0.1, -0.05) is 84.9 Å². The van der Waals surface area contributed by atoms with E-state index in [1.807, 2.05) is 6.07 Å². The lowest BCUT2D eigenvalue weighted by molar-refractivity contribution is 0.620. The van der Waals surface area contributed by atoms with Crippen LogP contribution in [-0.2, 0) is 0 Å². The summed E-state index contributed by atoms with van der Waals surface area (Å²) in [5, 5.41) is 2.50. The highest BCUT2D eigenvalue weighted by Gasteiger charge is 2.14. The van der Waals surface area contributed by atoms with Crippen molar-refractivity contribution in [3.05, 3.63) is 145 Å². The van der Waals surface area contributed by atoms with Crippen molar-refractivity contribution >= 4 is 32.9 Å². The van der Waals surface area contributed by atoms with Crippen molar-refractivity contribution in [3.63, 3.8) is 0 Å². The Hall–Kier alpha value is -5.41. The maximum Gasteiger partial charge on any atom is 0.227 e. The summed E-state index contributed by atoms with van der Waals surface area (Å²) in [6.07, 6.45) is 0. The van der Waals surface area contributed by atoms with Gasteiger partial charge >= 0.3 is 0 Å². The molecule has 8 rings (SSSR count). The summed E-state index contributed by atoms with van der Waals surface area (Å²) < 4.78 is 8.50. The molecule has 0 fully saturated rings. The third-order valence-corrected chi connectivity index (χ3v) is 8.00. The van der Waals surface area contributed by atoms with Crippen LogP contribution in [0.5, 0.6) is 0 Å². The fourth-order valence-corrected chi connectivity index (χ4v) is 5.93. The van der Waals surface area contributed by atoms with Crippen molar-refractivity contribution < 1.29 is 4.42 Å². The second-order valence-electron chi connectivity index (χ2n) is 10.5. The first-order chi connectivity index (χ1) is 20.2. The van der Waals surface area contributed by atoms with Crippen LogP contribution in [0, 0.1) is 6.92 Å². The molecule has 0 aliphatic heterocycles. The number of hydrogen-bond donors (Lipinski definition) is 0. The van der Waals surface area contributed by atoms with Crippen LogP contribution in [0.4, 0.5) is 0 Å². The van der Waals surface area contributed by atoms with E-state index in [0.717, 1.165) is 27.8 Å². The van der Waals surface area contributed by atoms with Gasteiger partial charge in [0.05, 0.1) is 11.0 Å². The normalized spacial score (nSPS) is 11.5. The zero-order valence-electron chi connectivity index (χ0n) is 22.6. The Labute approximate surface area is 238 Å². The molecule has 0 bridgehead atoms. The highest BCUT2D eigenvalue weighted by molar-refractivity contribution is 6.10. The molecule has 194 valence electrons. The van der Waals surface area contributed by atoms with Crippen molar-refractivity contribution in [1.82, 2.24) is 9.55 Å². The molecule has 0 radical (unpaired) electrons. The van der Waals surface area contributed by atoms with Crippen LogP contribution in [0.1, 0.15) is 5.56 Å². The first-order valence-corrected chi connectivity index (χ1v) is 13.9. The van der Waals surface area contributed by atoms with Gasteiger partial charge in [-0.05, 0) is 89.3 Å². The second-order valence-corrected chi connectivity index (χ2v) is 10.5. The van der Waals surface area contributed by atoms with Crippen LogP contribution in [0.3, 0.4) is 0 Å². The van der Waals surface area contributed by atoms with Crippen LogP contribution >= 0.6 is 0 Å². The minimum Gasteiger partial charge on any atom is -0.436 e. The number of nitrogens with zero attached hydrogens (tertiary/aromatic N) is 2. The molecule has 0 saturated heterocycles. The van der Waals surface area contributed by atoms with Crippen molar-refractivity contribution in [2.75, 3.05) is 0 Å². The summed E-state index contributed by atoms with van der Waals surface area (Å²) in [6.45, 7) is 2.13. The molecule has 2 aromatic heterocycles. The SMILES string of the molecule is Cc1ccccc1-c1ccc2oc(-c3ccc(-c4ccc5c(c4)c4ccccc4n5-c4ccccc4)cc3)nc2c1. The topological polar surface area (TPSA) is 31.0 Å². The van der Waals surface area contributed by atoms with Crippen molar-refractivity contribution in [3.8, 4) is 39.4 Å². The predicted molar refractivity (Wildman–Crippen MR) is 169 cm³/mol. The maximum atomic E-state index is 6.16. The van der Waals surface area contributed by atoms with E-state index in [2.05, 4.69) is 145 Å². The fourth-order valence-electron chi connectivity index (χ4n) is 5.93. The van der Waals surface area contributed by atoms with E-state index < -0.39 is 0 Å². The maximum absolute atomic E-state index is 6.16. The van der Waals surface area contributed by atoms with E-state index in [1.54, 1.807) is 0 Å². The standard InChI is InChI=1S/C38H26N2O/c1-25-9-5-6-12-31(25)29-20-22-37-34(24-29)39-38(41-37)27-17-15-26(16-18-27)28-19-21-36-33(23-28)32-13-7-8-14-35(32)40(36)30-10-3-2-4-11-30/h2-24H,1H3. The average Bonchev–Trinajstić information content (AvgIpc) is 3.60. The predicted octanol–water partition coefficient (Wildman–Crippen LogP) is 10.2. The third kappa shape index (κ3) is 3.94. The highest BCUT2D eigenvalue weighted by Crippen LogP contribution is 2.36. The van der Waals surface area contributed by atoms with Gasteiger partial charge in [-0.3, -0.25) is 0 Å². The molecule has 8 aromatic rings. The summed E-state index contributed by atoms with van der Waals surface area (Å²) >= 11 is 0. The van der Waals surface area contributed by atoms with Crippen LogP contribution in [0.25, 0.3) is 72.3 Å². The Kier molecular flexibility index (Phi) is 5.36. The van der Waals surface area contributed by atoms with E-state index in [4.69, 9.17) is 9.40 Å². The van der Waals surface area contributed by atoms with Gasteiger partial charge in [-0.2, -0.15) is 0 Å². The van der Waals surface area contributed by atoms with Gasteiger partial charge in [0.15, 0.2) is 5.58 Å². The largest absolute Gasteiger partial charge is 0.436 e. The Morgan fingerprint density at radius 3 is 2.07 bits per heavy atom. The molecule has 2 heterocycles. The number of fused-ring (bicyclic) bond motifs is 4. The molecule has 0 saturated carbocycles. The molecule has 41 heavy (non-hydrogen) atoms. The van der Waals surface area contributed by atoms with Gasteiger partial charge in [0.1, 0.15) is 5.52 Å². The Bertz CT molecular complexity index is 2200. The Morgan fingerprint density at radius 2 is 1.22 bits per heavy atom. The number of para-hydroxylation sites is 2. The quantitative estimate of drug-likeness (QED) is 0.228. The lowest BCUT2D eigenvalue weighted by Crippen LogP contribution is -1.92. The molecule has 0 aliphatic carbocycles. The number of rotatable bonds is 4. The van der Waals surface area contributed by atoms with Crippen LogP contribution in [0.15, 0.2) is 144 Å². The van der Waals surface area contributed by atoms with Crippen molar-refractivity contribution in [2.45, 2.75) is 6.92 Å². The van der Waals surface area contributed by atoms with Gasteiger partial charge < -0.3 is 8.98 Å². The van der Waals surface area contributed by atoms with Gasteiger partial charge in [-0.15, -0.1) is 0 Å². The molecule has 0 aliphatic rings. The van der Waals surface area contributed by atoms with Gasteiger partial charge in [0.2, 0.25) is 5.89 Å². The van der Waals surface area contributed by atoms with E-state index in [0.29, 0.717) is 5.89 Å². The molecule has 0 amide bonds. The van der Waals surface area contributed by atoms with Crippen LogP contribution in [-0.4, -0.2) is 9.55 Å². The van der Waals surface area contributed by atoms with Gasteiger partial charge in [0, 0.05) is 22.0 Å². The van der Waals surface area contributed by atoms with Crippen molar-refractivity contribution in [1.29, 1.82) is 0 Å². The summed E-state index contributed by atoms with van der Waals surface area (Å²) in [6, 6.07) is 49.1. The number of benzene rings is 6. The molecule has 0 N–H and O–H groups in total. The zero-order valence-corrected chi connectivity index (χ0v) is 22.6. The summed E-state index contributed by atoms with van der Waals surface area (Å²) in [5.41, 5.74) is 12.1. The molecule has 3 nitrogen and oxygen atoms in total. The second kappa shape index (κ2) is 9.35. The highest BCUT2D eigenvalue weighted by atomic mass is 16.3. The van der Waals surface area contributed by atoms with E-state index >= 15 is 0 Å². The third-order valence-electron chi connectivity index (χ3n) is 8.00. The molecular formula is C38H26N2O. The zero-order chi connectivity index (χ0) is 27.3. The molecule has 6 aromatic carbocycles. The monoisotopic (exact) mass is 526 g/mol. The number of hydrogen-bond acceptors (Lipinski definition) is 2. The summed E-state index contributed by atoms with van der Waals surface area (Å²) in [5.74, 6) is 0.634. The van der Waals surface area contributed by atoms with Crippen LogP contribution < -0.4 is 0 Å². The minimum atomic E-state index is 0.634. The minimum absolute atomic E-state index is 0.634. The smallest absolute Gasteiger partial charge is 0.227 e. The Morgan fingerprint density at radius 1 is 0.537 bits per heavy atom. The molecule has 0 spiro atoms. The first-order valence-electron chi connectivity index (χ1n) is 13.9.